The van der Waals surface area contributed by atoms with Gasteiger partial charge in [0.15, 0.2) is 17.4 Å². The number of carboxylic acid groups (broad SMARTS) is 1. The van der Waals surface area contributed by atoms with Crippen molar-refractivity contribution >= 4 is 29.2 Å². The van der Waals surface area contributed by atoms with Crippen molar-refractivity contribution in [2.75, 3.05) is 0 Å². The molecule has 0 heterocycles. The third-order valence-electron chi connectivity index (χ3n) is 2.35. The molecule has 0 bridgehead atoms. The minimum absolute atomic E-state index is 0.00283. The quantitative estimate of drug-likeness (QED) is 0.887. The standard InChI is InChI=1S/C13H6Cl2F2O3/c14-7-1-2-11(8(15)5-7)20-12-9(16)3-6(13(18)19)4-10(12)17/h1-5H,(H,18,19). The van der Waals surface area contributed by atoms with Crippen molar-refractivity contribution in [2.45, 2.75) is 0 Å². The molecule has 1 N–H and O–H groups in total. The molecule has 0 saturated heterocycles. The van der Waals surface area contributed by atoms with Gasteiger partial charge in [-0.1, -0.05) is 23.2 Å². The first kappa shape index (κ1) is 14.6. The minimum Gasteiger partial charge on any atom is -0.478 e. The molecule has 0 radical (unpaired) electrons. The first-order chi connectivity index (χ1) is 9.38. The third kappa shape index (κ3) is 3.00. The van der Waals surface area contributed by atoms with E-state index in [1.807, 2.05) is 0 Å². The van der Waals surface area contributed by atoms with Gasteiger partial charge in [-0.05, 0) is 30.3 Å². The van der Waals surface area contributed by atoms with Crippen LogP contribution >= 0.6 is 23.2 Å². The number of halogens is 4. The van der Waals surface area contributed by atoms with Gasteiger partial charge in [0.25, 0.3) is 0 Å². The highest BCUT2D eigenvalue weighted by molar-refractivity contribution is 6.35. The smallest absolute Gasteiger partial charge is 0.335 e. The molecule has 0 amide bonds. The number of ether oxygens (including phenoxy) is 1. The predicted molar refractivity (Wildman–Crippen MR) is 69.9 cm³/mol. The fraction of sp³-hybridized carbons (Fsp3) is 0. The van der Waals surface area contributed by atoms with Gasteiger partial charge < -0.3 is 9.84 Å². The second-order valence-electron chi connectivity index (χ2n) is 3.75. The summed E-state index contributed by atoms with van der Waals surface area (Å²) in [6.07, 6.45) is 0. The third-order valence-corrected chi connectivity index (χ3v) is 2.88. The maximum absolute atomic E-state index is 13.7. The molecule has 7 heteroatoms. The zero-order valence-corrected chi connectivity index (χ0v) is 11.2. The Morgan fingerprint density at radius 1 is 1.10 bits per heavy atom. The van der Waals surface area contributed by atoms with E-state index < -0.39 is 28.9 Å². The Morgan fingerprint density at radius 3 is 2.20 bits per heavy atom. The molecule has 0 fully saturated rings. The normalized spacial score (nSPS) is 10.4. The Morgan fingerprint density at radius 2 is 1.70 bits per heavy atom. The molecule has 0 aliphatic rings. The topological polar surface area (TPSA) is 46.5 Å². The van der Waals surface area contributed by atoms with Gasteiger partial charge in [0.05, 0.1) is 10.6 Å². The fourth-order valence-corrected chi connectivity index (χ4v) is 1.90. The van der Waals surface area contributed by atoms with Crippen molar-refractivity contribution in [3.8, 4) is 11.5 Å². The lowest BCUT2D eigenvalue weighted by molar-refractivity contribution is 0.0695. The molecular formula is C13H6Cl2F2O3. The van der Waals surface area contributed by atoms with Gasteiger partial charge in [0.1, 0.15) is 5.75 Å². The Kier molecular flexibility index (Phi) is 4.11. The predicted octanol–water partition coefficient (Wildman–Crippen LogP) is 4.76. The van der Waals surface area contributed by atoms with Gasteiger partial charge in [-0.3, -0.25) is 0 Å². The van der Waals surface area contributed by atoms with Crippen LogP contribution in [0.1, 0.15) is 10.4 Å². The van der Waals surface area contributed by atoms with Crippen LogP contribution in [0.25, 0.3) is 0 Å². The SMILES string of the molecule is O=C(O)c1cc(F)c(Oc2ccc(Cl)cc2Cl)c(F)c1. The molecule has 0 aliphatic heterocycles. The van der Waals surface area contributed by atoms with E-state index in [-0.39, 0.29) is 10.8 Å². The fourth-order valence-electron chi connectivity index (χ4n) is 1.45. The van der Waals surface area contributed by atoms with Crippen molar-refractivity contribution in [1.29, 1.82) is 0 Å². The van der Waals surface area contributed by atoms with Crippen molar-refractivity contribution in [3.63, 3.8) is 0 Å². The van der Waals surface area contributed by atoms with Crippen LogP contribution in [0.15, 0.2) is 30.3 Å². The molecular weight excluding hydrogens is 313 g/mol. The van der Waals surface area contributed by atoms with Gasteiger partial charge in [-0.2, -0.15) is 0 Å². The summed E-state index contributed by atoms with van der Waals surface area (Å²) in [5, 5.41) is 9.08. The number of rotatable bonds is 3. The number of carbonyl (C=O) groups is 1. The average Bonchev–Trinajstić information content (AvgIpc) is 2.35. The lowest BCUT2D eigenvalue weighted by atomic mass is 10.2. The highest BCUT2D eigenvalue weighted by atomic mass is 35.5. The van der Waals surface area contributed by atoms with Crippen LogP contribution in [-0.2, 0) is 0 Å². The minimum atomic E-state index is -1.45. The maximum atomic E-state index is 13.7. The zero-order valence-electron chi connectivity index (χ0n) is 9.66. The van der Waals surface area contributed by atoms with E-state index in [0.717, 1.165) is 0 Å². The van der Waals surface area contributed by atoms with Gasteiger partial charge in [0, 0.05) is 5.02 Å². The second-order valence-corrected chi connectivity index (χ2v) is 4.59. The average molecular weight is 319 g/mol. The largest absolute Gasteiger partial charge is 0.478 e. The molecule has 2 rings (SSSR count). The monoisotopic (exact) mass is 318 g/mol. The van der Waals surface area contributed by atoms with Crippen LogP contribution in [0.3, 0.4) is 0 Å². The number of benzene rings is 2. The van der Waals surface area contributed by atoms with Gasteiger partial charge in [0.2, 0.25) is 0 Å². The molecule has 0 spiro atoms. The summed E-state index contributed by atoms with van der Waals surface area (Å²) in [5.41, 5.74) is -0.519. The van der Waals surface area contributed by atoms with Crippen LogP contribution in [-0.4, -0.2) is 11.1 Å². The summed E-state index contributed by atoms with van der Waals surface area (Å²) in [6.45, 7) is 0. The lowest BCUT2D eigenvalue weighted by Gasteiger charge is -2.10. The molecule has 104 valence electrons. The second kappa shape index (κ2) is 5.64. The number of hydrogen-bond acceptors (Lipinski definition) is 2. The van der Waals surface area contributed by atoms with Crippen LogP contribution in [0, 0.1) is 11.6 Å². The van der Waals surface area contributed by atoms with Crippen molar-refractivity contribution in [2.24, 2.45) is 0 Å². The molecule has 0 atom stereocenters. The lowest BCUT2D eigenvalue weighted by Crippen LogP contribution is -2.01. The van der Waals surface area contributed by atoms with Crippen LogP contribution < -0.4 is 4.74 Å². The summed E-state index contributed by atoms with van der Waals surface area (Å²) in [4.78, 5) is 10.7. The van der Waals surface area contributed by atoms with Gasteiger partial charge in [-0.15, -0.1) is 0 Å². The van der Waals surface area contributed by atoms with Crippen molar-refractivity contribution < 1.29 is 23.4 Å². The first-order valence-electron chi connectivity index (χ1n) is 5.23. The van der Waals surface area contributed by atoms with E-state index in [1.54, 1.807) is 0 Å². The van der Waals surface area contributed by atoms with E-state index >= 15 is 0 Å². The number of aromatic carboxylic acids is 1. The van der Waals surface area contributed by atoms with Gasteiger partial charge in [-0.25, -0.2) is 13.6 Å². The molecule has 0 aromatic heterocycles. The summed E-state index contributed by atoms with van der Waals surface area (Å²) >= 11 is 11.5. The van der Waals surface area contributed by atoms with Crippen molar-refractivity contribution in [1.82, 2.24) is 0 Å². The molecule has 2 aromatic rings. The van der Waals surface area contributed by atoms with E-state index in [4.69, 9.17) is 33.0 Å². The van der Waals surface area contributed by atoms with E-state index in [0.29, 0.717) is 17.2 Å². The molecule has 0 aliphatic carbocycles. The number of carboxylic acids is 1. The number of hydrogen-bond donors (Lipinski definition) is 1. The van der Waals surface area contributed by atoms with Crippen LogP contribution in [0.4, 0.5) is 8.78 Å². The van der Waals surface area contributed by atoms with E-state index in [2.05, 4.69) is 0 Å². The Labute approximate surface area is 122 Å². The van der Waals surface area contributed by atoms with Crippen LogP contribution in [0.2, 0.25) is 10.0 Å². The Hall–Kier alpha value is -1.85. The van der Waals surface area contributed by atoms with Crippen LogP contribution in [0.5, 0.6) is 11.5 Å². The summed E-state index contributed by atoms with van der Waals surface area (Å²) in [5.74, 6) is -4.48. The Bertz CT molecular complexity index is 666. The zero-order chi connectivity index (χ0) is 14.9. The molecule has 2 aromatic carbocycles. The van der Waals surface area contributed by atoms with E-state index in [1.165, 1.54) is 18.2 Å². The summed E-state index contributed by atoms with van der Waals surface area (Å²) in [7, 11) is 0. The molecule has 20 heavy (non-hydrogen) atoms. The first-order valence-corrected chi connectivity index (χ1v) is 5.99. The van der Waals surface area contributed by atoms with Gasteiger partial charge >= 0.3 is 5.97 Å². The summed E-state index contributed by atoms with van der Waals surface area (Å²) in [6, 6.07) is 5.44. The molecule has 3 nitrogen and oxygen atoms in total. The van der Waals surface area contributed by atoms with E-state index in [9.17, 15) is 13.6 Å². The molecule has 0 saturated carbocycles. The molecule has 0 unspecified atom stereocenters. The summed E-state index contributed by atoms with van der Waals surface area (Å²) < 4.78 is 32.4. The Balaban J connectivity index is 2.41. The maximum Gasteiger partial charge on any atom is 0.335 e. The highest BCUT2D eigenvalue weighted by Gasteiger charge is 2.17. The van der Waals surface area contributed by atoms with Crippen molar-refractivity contribution in [3.05, 3.63) is 57.6 Å². The highest BCUT2D eigenvalue weighted by Crippen LogP contribution is 2.34.